The third-order valence-corrected chi connectivity index (χ3v) is 38.0. The second-order valence-electron chi connectivity index (χ2n) is 36.1. The van der Waals surface area contributed by atoms with Crippen LogP contribution in [0.15, 0.2) is 123 Å². The summed E-state index contributed by atoms with van der Waals surface area (Å²) in [4.78, 5) is 124. The summed E-state index contributed by atoms with van der Waals surface area (Å²) < 4.78 is 5.64. The van der Waals surface area contributed by atoms with Gasteiger partial charge in [-0.1, -0.05) is 84.7 Å². The van der Waals surface area contributed by atoms with Crippen molar-refractivity contribution in [2.75, 3.05) is 67.1 Å². The molecule has 0 saturated carbocycles. The van der Waals surface area contributed by atoms with Gasteiger partial charge >= 0.3 is 0 Å². The van der Waals surface area contributed by atoms with Crippen LogP contribution in [0.3, 0.4) is 0 Å². The minimum absolute atomic E-state index is 0.0389. The quantitative estimate of drug-likeness (QED) is 0.0293. The number of nitrogens with zero attached hydrogens (tertiary/aromatic N) is 14. The molecule has 35 heteroatoms. The minimum atomic E-state index is -0.0392. The van der Waals surface area contributed by atoms with Gasteiger partial charge < -0.3 is 31.9 Å². The van der Waals surface area contributed by atoms with Crippen LogP contribution >= 0.6 is 113 Å². The number of hydrogen-bond acceptors (Lipinski definition) is 31. The van der Waals surface area contributed by atoms with E-state index in [1.54, 1.807) is 166 Å². The van der Waals surface area contributed by atoms with Crippen LogP contribution < -0.4 is 31.9 Å². The van der Waals surface area contributed by atoms with Crippen LogP contribution in [0.5, 0.6) is 0 Å². The van der Waals surface area contributed by atoms with Gasteiger partial charge in [0.25, 0.3) is 0 Å². The van der Waals surface area contributed by atoms with Crippen LogP contribution in [-0.2, 0) is 88.7 Å². The van der Waals surface area contributed by atoms with Gasteiger partial charge in [-0.25, -0.2) is 24.9 Å². The number of ketones is 1. The summed E-state index contributed by atoms with van der Waals surface area (Å²) in [6.45, 7) is 39.6. The van der Waals surface area contributed by atoms with Gasteiger partial charge in [-0.05, 0) is 182 Å². The number of carbonyl (C=O) groups is 5. The predicted octanol–water partition coefficient (Wildman–Crippen LogP) is 24.3. The van der Waals surface area contributed by atoms with Gasteiger partial charge in [0.05, 0.1) is 54.5 Å². The first-order valence-corrected chi connectivity index (χ1v) is 56.4. The lowest BCUT2D eigenvalue weighted by Gasteiger charge is -2.32. The largest absolute Gasteiger partial charge is 0.317 e. The van der Waals surface area contributed by atoms with Crippen LogP contribution in [0.25, 0.3) is 104 Å². The number of aromatic nitrogens is 10. The molecule has 0 spiro atoms. The highest BCUT2D eigenvalue weighted by Crippen LogP contribution is 2.53. The Morgan fingerprint density at radius 3 is 1.35 bits per heavy atom. The number of hydrogen-bond donors (Lipinski definition) is 6. The topological polar surface area (TPSA) is 299 Å². The van der Waals surface area contributed by atoms with Gasteiger partial charge in [0.2, 0.25) is 23.6 Å². The molecule has 20 heterocycles. The maximum atomic E-state index is 13.2. The van der Waals surface area contributed by atoms with Crippen LogP contribution in [0, 0.1) is 5.92 Å². The van der Waals surface area contributed by atoms with E-state index in [1.807, 2.05) is 66.3 Å². The molecule has 0 bridgehead atoms. The summed E-state index contributed by atoms with van der Waals surface area (Å²) in [7, 11) is 0. The van der Waals surface area contributed by atoms with E-state index in [1.165, 1.54) is 74.6 Å². The molecular weight excluding hydrogens is 1930 g/mol. The molecule has 0 saturated heterocycles. The van der Waals surface area contributed by atoms with Crippen molar-refractivity contribution in [3.8, 4) is 52.9 Å². The Kier molecular flexibility index (Phi) is 33.4. The Hall–Kier alpha value is -9.77. The number of rotatable bonds is 26. The molecule has 21 rings (SSSR count). The number of fused-ring (bicyclic) bond motifs is 10. The molecule has 0 aliphatic carbocycles. The monoisotopic (exact) mass is 2050 g/mol. The smallest absolute Gasteiger partial charge is 0.226 e. The third kappa shape index (κ3) is 23.3. The Morgan fingerprint density at radius 1 is 0.460 bits per heavy atom. The van der Waals surface area contributed by atoms with Gasteiger partial charge in [-0.2, -0.15) is 0 Å². The van der Waals surface area contributed by atoms with E-state index in [4.69, 9.17) is 24.9 Å². The summed E-state index contributed by atoms with van der Waals surface area (Å²) >= 11 is 17.0. The molecule has 6 atom stereocenters. The zero-order chi connectivity index (χ0) is 97.2. The van der Waals surface area contributed by atoms with Gasteiger partial charge in [0.15, 0.2) is 0 Å². The van der Waals surface area contributed by atoms with E-state index >= 15 is 0 Å². The fourth-order valence-corrected chi connectivity index (χ4v) is 30.8. The lowest BCUT2D eigenvalue weighted by molar-refractivity contribution is -0.119. The number of anilines is 4. The lowest BCUT2D eigenvalue weighted by Crippen LogP contribution is -2.37. The normalized spacial score (nSPS) is 16.7. The molecule has 25 nitrogen and oxygen atoms in total. The first kappa shape index (κ1) is 101. The van der Waals surface area contributed by atoms with Crippen LogP contribution in [0.1, 0.15) is 210 Å². The molecule has 5 aliphatic heterocycles. The minimum Gasteiger partial charge on any atom is -0.317 e. The van der Waals surface area contributed by atoms with Crippen LogP contribution in [0.4, 0.5) is 20.0 Å². The second-order valence-corrected chi connectivity index (χ2v) is 46.8. The average Bonchev–Trinajstić information content (AvgIpc) is 1.64. The highest BCUT2D eigenvalue weighted by Gasteiger charge is 2.37. The number of carbonyl (C=O) groups excluding carboxylic acids is 5. The molecule has 1 aromatic carbocycles. The molecule has 0 radical (unpaired) electrons. The van der Waals surface area contributed by atoms with Crippen molar-refractivity contribution < 1.29 is 24.0 Å². The molecule has 726 valence electrons. The first-order valence-electron chi connectivity index (χ1n) is 48.3. The van der Waals surface area contributed by atoms with Crippen molar-refractivity contribution in [1.29, 1.82) is 0 Å². The summed E-state index contributed by atoms with van der Waals surface area (Å²) in [5.41, 5.74) is 18.3. The Morgan fingerprint density at radius 2 is 0.892 bits per heavy atom. The number of benzene rings is 1. The zero-order valence-corrected chi connectivity index (χ0v) is 89.3. The van der Waals surface area contributed by atoms with E-state index < -0.39 is 0 Å². The maximum absolute atomic E-state index is 13.2. The number of nitrogens with one attached hydrogen (secondary N) is 6. The van der Waals surface area contributed by atoms with E-state index in [0.29, 0.717) is 61.2 Å². The van der Waals surface area contributed by atoms with Crippen LogP contribution in [0.2, 0.25) is 0 Å². The van der Waals surface area contributed by atoms with Crippen LogP contribution in [-0.4, -0.2) is 163 Å². The summed E-state index contributed by atoms with van der Waals surface area (Å²) in [5, 5.41) is 28.0. The van der Waals surface area contributed by atoms with E-state index in [0.717, 1.165) is 242 Å². The van der Waals surface area contributed by atoms with Crippen molar-refractivity contribution in [2.24, 2.45) is 5.92 Å². The van der Waals surface area contributed by atoms with Crippen molar-refractivity contribution in [2.45, 2.75) is 230 Å². The van der Waals surface area contributed by atoms with Crippen molar-refractivity contribution >= 4 is 214 Å². The average molecular weight is 2050 g/mol. The number of thiophene rings is 5. The number of pyridine rings is 5. The van der Waals surface area contributed by atoms with Gasteiger partial charge in [-0.15, -0.1) is 113 Å². The molecular formula is C104H120N20O5S10. The molecule has 5 aliphatic rings. The molecule has 6 N–H and O–H groups in total. The maximum Gasteiger partial charge on any atom is 0.226 e. The Labute approximate surface area is 852 Å². The number of likely N-dealkylation sites (N-methyl/N-ethyl adjacent to an activating group) is 3. The Bertz CT molecular complexity index is 6740. The number of Topliss-reactive ketones (excluding diaryl/α,β-unsaturated/α-hetero) is 1. The first-order chi connectivity index (χ1) is 67.4. The molecule has 15 aromatic heterocycles. The summed E-state index contributed by atoms with van der Waals surface area (Å²) in [5.74, 6) is 1.00. The fourth-order valence-electron chi connectivity index (χ4n) is 18.8. The van der Waals surface area contributed by atoms with Gasteiger partial charge in [0, 0.05) is 198 Å². The molecule has 0 fully saturated rings. The fraction of sp³-hybridized carbons (Fsp3) is 0.413. The van der Waals surface area contributed by atoms with Crippen molar-refractivity contribution in [3.05, 3.63) is 185 Å². The molecule has 139 heavy (non-hydrogen) atoms. The molecule has 4 amide bonds. The van der Waals surface area contributed by atoms with E-state index in [-0.39, 0.29) is 23.6 Å². The highest BCUT2D eigenvalue weighted by atomic mass is 32.1. The van der Waals surface area contributed by atoms with E-state index in [9.17, 15) is 24.0 Å². The lowest BCUT2D eigenvalue weighted by atomic mass is 9.96. The SMILES string of the molecule is CCN1CCc2c(sc(NC(C)=O)c2-c2nc3cnccc3s2)[C@@H]1C.CCN1Cc2sc(NC(C)=O)c(-c3nc4cnccc4s3)c2C[C@@H]1C.CCN1Cc2sc(NC(C)=O)c(-c3nc4cnccc4s3)c2C[C@H]1C.CC[C@H](C)CCCC(=O)Cc1sc2c(c1-c1nc3cnccc3s1)CCN[C@H]2C.CC[C@H](C)N(CCC(=O)Nc1sc2c(c1-c1nc3cnccc3s1)CCNC2)Cc1ccccc1. The number of amides is 4. The predicted molar refractivity (Wildman–Crippen MR) is 582 cm³/mol. The summed E-state index contributed by atoms with van der Waals surface area (Å²) in [6.07, 6.45) is 29.0. The third-order valence-electron chi connectivity index (χ3n) is 26.6. The second kappa shape index (κ2) is 46.1. The summed E-state index contributed by atoms with van der Waals surface area (Å²) in [6, 6.07) is 22.6. The zero-order valence-electron chi connectivity index (χ0n) is 81.2. The van der Waals surface area contributed by atoms with Crippen molar-refractivity contribution in [3.63, 3.8) is 0 Å². The molecule has 16 aromatic rings. The Balaban J connectivity index is 0.000000121. The van der Waals surface area contributed by atoms with Gasteiger partial charge in [0.1, 0.15) is 78.4 Å². The van der Waals surface area contributed by atoms with E-state index in [2.05, 4.69) is 177 Å². The molecule has 0 unspecified atom stereocenters. The van der Waals surface area contributed by atoms with Crippen molar-refractivity contribution in [1.82, 2.24) is 80.1 Å². The standard InChI is InChI=1S/C27H31N5OS2.C23H29N3OS2.3C18H20N4OS2/c1-3-18(2)32(17-19-7-5-4-6-8-19)14-11-24(33)31-27-25(20-9-12-29-16-23(20)35-27)26-30-21-15-28-13-10-22(21)34-26;1-4-14(2)6-5-7-16(27)12-20-21(17-8-11-25-15(3)22(17)28-20)23-26-18-13-24-10-9-19(18)29-23;1-4-22-8-6-12-15(17(20-11(3)23)25-16(12)10(22)2)18-21-13-9-19-7-5-14(13)24-18;2*1-4-22-9-15-12(7-10(22)2)16(17(25-15)20-11(3)23)18-21-13-8-19-6-5-14(13)24-18/h4-8,10,13,15,18,29H,3,9,11-12,14,16-17H2,1-2H3,(H,31,33);9-10,13-15,25H,4-8,11-12H2,1-3H3;5,7,9-10H,4,6,8H2,1-3H3,(H,20,23);2*5-6,8,10H,4,7,9H2,1-3H3,(H,20,23)/t18-;14-,15-;3*10-/m00010/s1. The number of thiazole rings is 5. The van der Waals surface area contributed by atoms with Gasteiger partial charge in [-0.3, -0.25) is 68.5 Å². The highest BCUT2D eigenvalue weighted by molar-refractivity contribution is 7.25.